The smallest absolute Gasteiger partial charge is 0.324 e. The molecule has 0 spiro atoms. The summed E-state index contributed by atoms with van der Waals surface area (Å²) in [7, 11) is -1.81. The zero-order valence-electron chi connectivity index (χ0n) is 13.7. The molecule has 0 saturated carbocycles. The highest BCUT2D eigenvalue weighted by Gasteiger charge is 2.37. The molecule has 0 unspecified atom stereocenters. The number of rotatable bonds is 10. The number of hydrogen-bond acceptors (Lipinski definition) is 4. The van der Waals surface area contributed by atoms with Gasteiger partial charge in [0.15, 0.2) is 0 Å². The van der Waals surface area contributed by atoms with E-state index in [1.54, 1.807) is 7.11 Å². The predicted octanol–water partition coefficient (Wildman–Crippen LogP) is 3.66. The first-order valence-corrected chi connectivity index (χ1v) is 9.91. The molecule has 0 bridgehead atoms. The summed E-state index contributed by atoms with van der Waals surface area (Å²) in [5, 5.41) is 0. The minimum atomic E-state index is -3.51. The van der Waals surface area contributed by atoms with Crippen molar-refractivity contribution in [2.45, 2.75) is 27.7 Å². The van der Waals surface area contributed by atoms with Crippen LogP contribution in [0.15, 0.2) is 4.52 Å². The van der Waals surface area contributed by atoms with Gasteiger partial charge in [-0.05, 0) is 0 Å². The molecule has 0 atom stereocenters. The minimum Gasteiger partial charge on any atom is -0.324 e. The van der Waals surface area contributed by atoms with E-state index in [1.165, 1.54) is 14.2 Å². The average Bonchev–Trinajstić information content (AvgIpc) is 2.48. The average molecular weight is 329 g/mol. The fraction of sp³-hybridized carbons (Fsp3) is 1.00. The predicted molar refractivity (Wildman–Crippen MR) is 83.8 cm³/mol. The fourth-order valence-corrected chi connectivity index (χ4v) is 7.40. The summed E-state index contributed by atoms with van der Waals surface area (Å²) in [6, 6.07) is 0. The van der Waals surface area contributed by atoms with E-state index in [-0.39, 0.29) is 0 Å². The van der Waals surface area contributed by atoms with E-state index in [2.05, 4.69) is 13.9 Å². The van der Waals surface area contributed by atoms with Gasteiger partial charge in [0.25, 0.3) is 0 Å². The van der Waals surface area contributed by atoms with Crippen molar-refractivity contribution in [3.63, 3.8) is 0 Å². The Hall–Kier alpha value is 0.260. The Kier molecular flexibility index (Phi) is 9.43. The van der Waals surface area contributed by atoms with Crippen molar-refractivity contribution in [2.24, 2.45) is 4.52 Å². The molecule has 0 aromatic heterocycles. The van der Waals surface area contributed by atoms with Crippen molar-refractivity contribution in [1.29, 1.82) is 0 Å². The van der Waals surface area contributed by atoms with E-state index in [4.69, 9.17) is 13.6 Å². The van der Waals surface area contributed by atoms with Crippen molar-refractivity contribution in [2.75, 3.05) is 47.5 Å². The van der Waals surface area contributed by atoms with Crippen LogP contribution in [0.4, 0.5) is 0 Å². The van der Waals surface area contributed by atoms with Gasteiger partial charge in [-0.25, -0.2) is 13.9 Å². The minimum absolute atomic E-state index is 0.742. The quantitative estimate of drug-likeness (QED) is 0.570. The van der Waals surface area contributed by atoms with Gasteiger partial charge in [-0.3, -0.25) is 9.05 Å². The van der Waals surface area contributed by atoms with E-state index >= 15 is 0 Å². The highest BCUT2D eigenvalue weighted by Crippen LogP contribution is 2.66. The highest BCUT2D eigenvalue weighted by molar-refractivity contribution is 7.66. The molecule has 7 nitrogen and oxygen atoms in total. The molecule has 0 aromatic carbocycles. The molecule has 122 valence electrons. The first-order valence-electron chi connectivity index (χ1n) is 6.85. The van der Waals surface area contributed by atoms with Crippen molar-refractivity contribution in [3.05, 3.63) is 0 Å². The van der Waals surface area contributed by atoms with Crippen LogP contribution in [0.2, 0.25) is 0 Å². The molecule has 0 aliphatic carbocycles. The molecule has 0 saturated heterocycles. The van der Waals surface area contributed by atoms with Crippen LogP contribution in [0.25, 0.3) is 0 Å². The van der Waals surface area contributed by atoms with Crippen LogP contribution in [0.1, 0.15) is 27.7 Å². The lowest BCUT2D eigenvalue weighted by molar-refractivity contribution is 0.270. The third-order valence-electron chi connectivity index (χ3n) is 3.13. The van der Waals surface area contributed by atoms with Crippen molar-refractivity contribution >= 4 is 15.3 Å². The van der Waals surface area contributed by atoms with E-state index in [0.717, 1.165) is 26.2 Å². The van der Waals surface area contributed by atoms with Gasteiger partial charge in [-0.15, -0.1) is 4.52 Å². The molecule has 9 heteroatoms. The Labute approximate surface area is 123 Å². The summed E-state index contributed by atoms with van der Waals surface area (Å²) in [6.07, 6.45) is 0. The summed E-state index contributed by atoms with van der Waals surface area (Å²) in [6.45, 7) is 11.1. The Bertz CT molecular complexity index is 347. The second-order valence-electron chi connectivity index (χ2n) is 3.90. The molecule has 0 amide bonds. The lowest BCUT2D eigenvalue weighted by atomic mass is 10.7. The molecule has 0 N–H and O–H groups in total. The summed E-state index contributed by atoms with van der Waals surface area (Å²) >= 11 is 0. The monoisotopic (exact) mass is 329 g/mol. The van der Waals surface area contributed by atoms with Gasteiger partial charge in [0.2, 0.25) is 7.58 Å². The molecule has 0 aromatic rings. The Morgan fingerprint density at radius 1 is 0.800 bits per heavy atom. The highest BCUT2D eigenvalue weighted by atomic mass is 31.2. The molecule has 0 rings (SSSR count). The SMILES string of the molecule is CCN(CC)P(=NP(=O)(OC)OC)(OC)N(CC)CC. The molecule has 0 aliphatic heterocycles. The summed E-state index contributed by atoms with van der Waals surface area (Å²) < 4.78 is 36.8. The maximum atomic E-state index is 12.5. The lowest BCUT2D eigenvalue weighted by Gasteiger charge is -2.40. The Morgan fingerprint density at radius 3 is 1.35 bits per heavy atom. The van der Waals surface area contributed by atoms with Gasteiger partial charge in [-0.2, -0.15) is 0 Å². The van der Waals surface area contributed by atoms with Gasteiger partial charge in [0, 0.05) is 47.5 Å². The van der Waals surface area contributed by atoms with Crippen LogP contribution in [0, 0.1) is 0 Å². The maximum Gasteiger partial charge on any atom is 0.456 e. The molecular weight excluding hydrogens is 300 g/mol. The van der Waals surface area contributed by atoms with Crippen molar-refractivity contribution in [1.82, 2.24) is 9.34 Å². The second-order valence-corrected chi connectivity index (χ2v) is 8.80. The Balaban J connectivity index is 6.14. The number of nitrogens with zero attached hydrogens (tertiary/aromatic N) is 3. The fourth-order valence-electron chi connectivity index (χ4n) is 2.03. The maximum absolute atomic E-state index is 12.5. The van der Waals surface area contributed by atoms with Gasteiger partial charge in [0.1, 0.15) is 0 Å². The molecule has 0 heterocycles. The Morgan fingerprint density at radius 2 is 1.15 bits per heavy atom. The summed E-state index contributed by atoms with van der Waals surface area (Å²) in [5.74, 6) is 0. The molecular formula is C11H29N3O4P2. The van der Waals surface area contributed by atoms with Crippen LogP contribution in [0.5, 0.6) is 0 Å². The van der Waals surface area contributed by atoms with Crippen molar-refractivity contribution < 1.29 is 18.1 Å². The van der Waals surface area contributed by atoms with Crippen molar-refractivity contribution in [3.8, 4) is 0 Å². The largest absolute Gasteiger partial charge is 0.456 e. The standard InChI is InChI=1S/C11H29N3O4P2/c1-8-13(9-2)19(16-5,14(10-3)11-4)12-20(15,17-6)18-7/h8-11H2,1-7H3. The van der Waals surface area contributed by atoms with Crippen LogP contribution < -0.4 is 0 Å². The van der Waals surface area contributed by atoms with Gasteiger partial charge < -0.3 is 4.52 Å². The van der Waals surface area contributed by atoms with E-state index in [1.807, 2.05) is 27.7 Å². The molecule has 0 radical (unpaired) electrons. The third kappa shape index (κ3) is 4.38. The second kappa shape index (κ2) is 9.31. The lowest BCUT2D eigenvalue weighted by Crippen LogP contribution is -2.32. The normalized spacial score (nSPS) is 13.2. The van der Waals surface area contributed by atoms with Crippen LogP contribution >= 0.6 is 15.3 Å². The topological polar surface area (TPSA) is 63.6 Å². The van der Waals surface area contributed by atoms with E-state index in [0.29, 0.717) is 0 Å². The number of hydrogen-bond donors (Lipinski definition) is 0. The third-order valence-corrected chi connectivity index (χ3v) is 8.96. The van der Waals surface area contributed by atoms with E-state index < -0.39 is 15.3 Å². The van der Waals surface area contributed by atoms with Gasteiger partial charge in [-0.1, -0.05) is 27.7 Å². The van der Waals surface area contributed by atoms with Crippen LogP contribution in [-0.2, 0) is 18.1 Å². The molecule has 0 aliphatic rings. The van der Waals surface area contributed by atoms with Crippen LogP contribution in [-0.4, -0.2) is 56.8 Å². The zero-order valence-corrected chi connectivity index (χ0v) is 15.5. The van der Waals surface area contributed by atoms with Gasteiger partial charge in [0.05, 0.1) is 0 Å². The van der Waals surface area contributed by atoms with Crippen LogP contribution in [0.3, 0.4) is 0 Å². The zero-order chi connectivity index (χ0) is 15.8. The first-order chi connectivity index (χ1) is 9.43. The molecule has 20 heavy (non-hydrogen) atoms. The first kappa shape index (κ1) is 20.3. The van der Waals surface area contributed by atoms with Gasteiger partial charge >= 0.3 is 7.75 Å². The summed E-state index contributed by atoms with van der Waals surface area (Å²) in [5.41, 5.74) is 0. The summed E-state index contributed by atoms with van der Waals surface area (Å²) in [4.78, 5) is 0. The molecule has 0 fully saturated rings. The van der Waals surface area contributed by atoms with E-state index in [9.17, 15) is 4.57 Å².